The van der Waals surface area contributed by atoms with Crippen LogP contribution in [0.1, 0.15) is 10.4 Å². The number of halogens is 2. The Balaban J connectivity index is 1.94. The molecule has 0 saturated carbocycles. The van der Waals surface area contributed by atoms with E-state index in [1.807, 2.05) is 18.2 Å². The number of nitriles is 1. The molecule has 0 aliphatic rings. The summed E-state index contributed by atoms with van der Waals surface area (Å²) in [5, 5.41) is 12.2. The molecule has 1 aromatic carbocycles. The summed E-state index contributed by atoms with van der Waals surface area (Å²) in [6.07, 6.45) is 0.977. The van der Waals surface area contributed by atoms with E-state index in [9.17, 15) is 0 Å². The number of thiophene rings is 1. The van der Waals surface area contributed by atoms with Gasteiger partial charge in [-0.15, -0.1) is 11.3 Å². The zero-order valence-corrected chi connectivity index (χ0v) is 13.4. The van der Waals surface area contributed by atoms with E-state index in [4.69, 9.17) is 5.26 Å². The van der Waals surface area contributed by atoms with Crippen LogP contribution >= 0.6 is 43.2 Å². The first-order valence-corrected chi connectivity index (χ1v) is 7.76. The Labute approximate surface area is 127 Å². The molecule has 0 fully saturated rings. The predicted molar refractivity (Wildman–Crippen MR) is 83.1 cm³/mol. The Morgan fingerprint density at radius 1 is 1.22 bits per heavy atom. The van der Waals surface area contributed by atoms with Crippen molar-refractivity contribution in [3.8, 4) is 6.07 Å². The van der Waals surface area contributed by atoms with Crippen molar-refractivity contribution >= 4 is 48.9 Å². The molecule has 1 heterocycles. The van der Waals surface area contributed by atoms with Gasteiger partial charge in [-0.1, -0.05) is 15.9 Å². The second kappa shape index (κ2) is 6.37. The molecule has 2 nitrogen and oxygen atoms in total. The first-order chi connectivity index (χ1) is 8.67. The van der Waals surface area contributed by atoms with E-state index in [1.165, 1.54) is 4.88 Å². The molecule has 5 heteroatoms. The molecule has 0 aliphatic heterocycles. The van der Waals surface area contributed by atoms with Crippen LogP contribution in [0.4, 0.5) is 5.69 Å². The smallest absolute Gasteiger partial charge is 0.0992 e. The van der Waals surface area contributed by atoms with Gasteiger partial charge in [0.15, 0.2) is 0 Å². The van der Waals surface area contributed by atoms with E-state index in [1.54, 1.807) is 11.3 Å². The fourth-order valence-electron chi connectivity index (χ4n) is 1.57. The summed E-state index contributed by atoms with van der Waals surface area (Å²) in [5.41, 5.74) is 1.63. The third kappa shape index (κ3) is 3.84. The summed E-state index contributed by atoms with van der Waals surface area (Å²) >= 11 is 8.60. The Morgan fingerprint density at radius 3 is 2.72 bits per heavy atom. The summed E-state index contributed by atoms with van der Waals surface area (Å²) in [7, 11) is 0. The zero-order valence-electron chi connectivity index (χ0n) is 9.41. The SMILES string of the molecule is N#Cc1cc(Br)cc(NCCc2ccc(Br)s2)c1. The van der Waals surface area contributed by atoms with E-state index in [-0.39, 0.29) is 0 Å². The minimum atomic E-state index is 0.658. The largest absolute Gasteiger partial charge is 0.385 e. The topological polar surface area (TPSA) is 35.8 Å². The highest BCUT2D eigenvalue weighted by atomic mass is 79.9. The van der Waals surface area contributed by atoms with E-state index in [0.717, 1.165) is 26.9 Å². The molecule has 0 spiro atoms. The lowest BCUT2D eigenvalue weighted by molar-refractivity contribution is 1.04. The van der Waals surface area contributed by atoms with Crippen LogP contribution in [0.15, 0.2) is 38.6 Å². The monoisotopic (exact) mass is 384 g/mol. The van der Waals surface area contributed by atoms with E-state index < -0.39 is 0 Å². The van der Waals surface area contributed by atoms with Crippen molar-refractivity contribution in [1.82, 2.24) is 0 Å². The van der Waals surface area contributed by atoms with Gasteiger partial charge in [-0.3, -0.25) is 0 Å². The molecule has 0 aliphatic carbocycles. The molecule has 2 aromatic rings. The molecule has 1 aromatic heterocycles. The van der Waals surface area contributed by atoms with Crippen molar-refractivity contribution in [3.05, 3.63) is 49.0 Å². The molecule has 0 amide bonds. The van der Waals surface area contributed by atoms with Gasteiger partial charge in [0.2, 0.25) is 0 Å². The van der Waals surface area contributed by atoms with Crippen molar-refractivity contribution in [1.29, 1.82) is 5.26 Å². The number of hydrogen-bond donors (Lipinski definition) is 1. The van der Waals surface area contributed by atoms with E-state index in [2.05, 4.69) is 55.4 Å². The van der Waals surface area contributed by atoms with Crippen molar-refractivity contribution < 1.29 is 0 Å². The Hall–Kier alpha value is -0.830. The molecule has 0 radical (unpaired) electrons. The number of hydrogen-bond acceptors (Lipinski definition) is 3. The molecule has 1 N–H and O–H groups in total. The van der Waals surface area contributed by atoms with Crippen LogP contribution in [0, 0.1) is 11.3 Å². The minimum Gasteiger partial charge on any atom is -0.385 e. The third-order valence-corrected chi connectivity index (χ3v) is 4.50. The molecule has 0 atom stereocenters. The van der Waals surface area contributed by atoms with Crippen LogP contribution in [-0.4, -0.2) is 6.54 Å². The number of rotatable bonds is 4. The number of anilines is 1. The highest BCUT2D eigenvalue weighted by Crippen LogP contribution is 2.23. The van der Waals surface area contributed by atoms with Crippen LogP contribution in [0.3, 0.4) is 0 Å². The van der Waals surface area contributed by atoms with Gasteiger partial charge >= 0.3 is 0 Å². The molecule has 2 rings (SSSR count). The highest BCUT2D eigenvalue weighted by molar-refractivity contribution is 9.11. The number of nitrogens with one attached hydrogen (secondary N) is 1. The molecular formula is C13H10Br2N2S. The summed E-state index contributed by atoms with van der Waals surface area (Å²) in [5.74, 6) is 0. The van der Waals surface area contributed by atoms with Gasteiger partial charge in [0.25, 0.3) is 0 Å². The standard InChI is InChI=1S/C13H10Br2N2S/c14-10-5-9(8-16)6-11(7-10)17-4-3-12-1-2-13(15)18-12/h1-2,5-7,17H,3-4H2. The lowest BCUT2D eigenvalue weighted by Crippen LogP contribution is -2.04. The average Bonchev–Trinajstić information content (AvgIpc) is 2.74. The normalized spacial score (nSPS) is 10.1. The summed E-state index contributed by atoms with van der Waals surface area (Å²) in [6.45, 7) is 0.855. The maximum absolute atomic E-state index is 8.89. The quantitative estimate of drug-likeness (QED) is 0.820. The average molecular weight is 386 g/mol. The Bertz CT molecular complexity index is 587. The molecule has 0 unspecified atom stereocenters. The molecule has 0 bridgehead atoms. The first-order valence-electron chi connectivity index (χ1n) is 5.36. The van der Waals surface area contributed by atoms with Gasteiger partial charge in [-0.2, -0.15) is 5.26 Å². The molecule has 18 heavy (non-hydrogen) atoms. The maximum Gasteiger partial charge on any atom is 0.0992 e. The van der Waals surface area contributed by atoms with Gasteiger partial charge in [0, 0.05) is 21.6 Å². The fraction of sp³-hybridized carbons (Fsp3) is 0.154. The lowest BCUT2D eigenvalue weighted by atomic mass is 10.2. The maximum atomic E-state index is 8.89. The summed E-state index contributed by atoms with van der Waals surface area (Å²) < 4.78 is 2.08. The fourth-order valence-corrected chi connectivity index (χ4v) is 3.55. The number of nitrogens with zero attached hydrogens (tertiary/aromatic N) is 1. The number of benzene rings is 1. The third-order valence-electron chi connectivity index (χ3n) is 2.36. The van der Waals surface area contributed by atoms with Gasteiger partial charge in [0.05, 0.1) is 15.4 Å². The van der Waals surface area contributed by atoms with Gasteiger partial charge in [0.1, 0.15) is 0 Å². The van der Waals surface area contributed by atoms with Crippen molar-refractivity contribution in [2.75, 3.05) is 11.9 Å². The molecule has 0 saturated heterocycles. The zero-order chi connectivity index (χ0) is 13.0. The lowest BCUT2D eigenvalue weighted by Gasteiger charge is -2.06. The molecular weight excluding hydrogens is 376 g/mol. The van der Waals surface area contributed by atoms with Crippen LogP contribution in [0.2, 0.25) is 0 Å². The van der Waals surface area contributed by atoms with Crippen LogP contribution in [-0.2, 0) is 6.42 Å². The first kappa shape index (κ1) is 13.6. The predicted octanol–water partition coefficient (Wildman–Crippen LogP) is 4.80. The van der Waals surface area contributed by atoms with Crippen molar-refractivity contribution in [2.45, 2.75) is 6.42 Å². The van der Waals surface area contributed by atoms with E-state index >= 15 is 0 Å². The molecule has 92 valence electrons. The second-order valence-corrected chi connectivity index (χ2v) is 7.19. The Morgan fingerprint density at radius 2 is 2.06 bits per heavy atom. The Kier molecular flexibility index (Phi) is 4.81. The second-order valence-electron chi connectivity index (χ2n) is 3.72. The van der Waals surface area contributed by atoms with Crippen LogP contribution in [0.5, 0.6) is 0 Å². The van der Waals surface area contributed by atoms with Crippen molar-refractivity contribution in [3.63, 3.8) is 0 Å². The summed E-state index contributed by atoms with van der Waals surface area (Å²) in [4.78, 5) is 1.34. The van der Waals surface area contributed by atoms with E-state index in [0.29, 0.717) is 5.56 Å². The van der Waals surface area contributed by atoms with Gasteiger partial charge in [-0.05, 0) is 52.7 Å². The van der Waals surface area contributed by atoms with Crippen LogP contribution < -0.4 is 5.32 Å². The highest BCUT2D eigenvalue weighted by Gasteiger charge is 2.00. The van der Waals surface area contributed by atoms with Crippen LogP contribution in [0.25, 0.3) is 0 Å². The minimum absolute atomic E-state index is 0.658. The summed E-state index contributed by atoms with van der Waals surface area (Å²) in [6, 6.07) is 12.0. The van der Waals surface area contributed by atoms with Gasteiger partial charge < -0.3 is 5.32 Å². The van der Waals surface area contributed by atoms with Crippen molar-refractivity contribution in [2.24, 2.45) is 0 Å². The van der Waals surface area contributed by atoms with Gasteiger partial charge in [-0.25, -0.2) is 0 Å².